The molecule has 0 unspecified atom stereocenters. The third-order valence-electron chi connectivity index (χ3n) is 3.98. The monoisotopic (exact) mass is 352 g/mol. The molecule has 0 aliphatic rings. The molecule has 4 rings (SSSR count). The summed E-state index contributed by atoms with van der Waals surface area (Å²) in [6, 6.07) is 7.67. The maximum absolute atomic E-state index is 11.1. The predicted octanol–water partition coefficient (Wildman–Crippen LogP) is 3.22. The highest BCUT2D eigenvalue weighted by molar-refractivity contribution is 7.14. The molecule has 0 aliphatic carbocycles. The van der Waals surface area contributed by atoms with Gasteiger partial charge in [-0.15, -0.1) is 0 Å². The van der Waals surface area contributed by atoms with Crippen molar-refractivity contribution in [2.24, 2.45) is 0 Å². The van der Waals surface area contributed by atoms with Crippen LogP contribution < -0.4 is 5.32 Å². The summed E-state index contributed by atoms with van der Waals surface area (Å²) < 4.78 is 3.87. The van der Waals surface area contributed by atoms with Crippen LogP contribution in [-0.2, 0) is 4.79 Å². The van der Waals surface area contributed by atoms with Crippen LogP contribution in [0.3, 0.4) is 0 Å². The summed E-state index contributed by atoms with van der Waals surface area (Å²) in [7, 11) is 0. The molecule has 0 bridgehead atoms. The quantitative estimate of drug-likeness (QED) is 0.612. The number of carbonyl (C=O) groups is 1. The Labute approximate surface area is 148 Å². The average molecular weight is 352 g/mol. The number of hydrogen-bond acceptors (Lipinski definition) is 5. The number of aromatic nitrogens is 5. The molecule has 0 saturated heterocycles. The van der Waals surface area contributed by atoms with E-state index in [1.165, 1.54) is 18.3 Å². The molecule has 1 atom stereocenters. The molecule has 0 fully saturated rings. The predicted molar refractivity (Wildman–Crippen MR) is 96.6 cm³/mol. The minimum absolute atomic E-state index is 0.0291. The van der Waals surface area contributed by atoms with Crippen LogP contribution in [0, 0.1) is 0 Å². The van der Waals surface area contributed by atoms with Gasteiger partial charge in [0.2, 0.25) is 10.9 Å². The number of benzene rings is 1. The highest BCUT2D eigenvalue weighted by atomic mass is 32.1. The van der Waals surface area contributed by atoms with Crippen LogP contribution in [0.1, 0.15) is 25.6 Å². The van der Waals surface area contributed by atoms with Crippen molar-refractivity contribution in [3.63, 3.8) is 0 Å². The number of fused-ring (bicyclic) bond motifs is 1. The van der Waals surface area contributed by atoms with E-state index >= 15 is 0 Å². The van der Waals surface area contributed by atoms with Crippen LogP contribution >= 0.6 is 11.3 Å². The number of rotatable bonds is 4. The number of hydrogen-bond donors (Lipinski definition) is 1. The number of nitrogens with one attached hydrogen (secondary N) is 1. The van der Waals surface area contributed by atoms with Crippen LogP contribution in [-0.4, -0.2) is 30.1 Å². The summed E-state index contributed by atoms with van der Waals surface area (Å²) in [5.74, 6) is 0.766. The second-order valence-electron chi connectivity index (χ2n) is 5.72. The summed E-state index contributed by atoms with van der Waals surface area (Å²) in [4.78, 5) is 21.1. The molecule has 3 heterocycles. The van der Waals surface area contributed by atoms with E-state index in [2.05, 4.69) is 31.9 Å². The van der Waals surface area contributed by atoms with Crippen LogP contribution in [0.5, 0.6) is 0 Å². The SMILES string of the molecule is CC(=O)Nc1ccc(-c2nccn2[C@@H](C)c2cn3ncsc3n2)cc1. The summed E-state index contributed by atoms with van der Waals surface area (Å²) in [6.45, 7) is 3.58. The van der Waals surface area contributed by atoms with Crippen molar-refractivity contribution in [2.45, 2.75) is 19.9 Å². The summed E-state index contributed by atoms with van der Waals surface area (Å²) in [6.07, 6.45) is 5.67. The number of nitrogens with zero attached hydrogens (tertiary/aromatic N) is 5. The van der Waals surface area contributed by atoms with E-state index in [0.717, 1.165) is 27.7 Å². The molecular weight excluding hydrogens is 336 g/mol. The minimum Gasteiger partial charge on any atom is -0.326 e. The van der Waals surface area contributed by atoms with E-state index in [4.69, 9.17) is 0 Å². The van der Waals surface area contributed by atoms with Gasteiger partial charge in [0, 0.05) is 30.6 Å². The zero-order valence-corrected chi connectivity index (χ0v) is 14.6. The van der Waals surface area contributed by atoms with Gasteiger partial charge >= 0.3 is 0 Å². The largest absolute Gasteiger partial charge is 0.326 e. The Kier molecular flexibility index (Phi) is 3.81. The Bertz CT molecular complexity index is 1000. The molecule has 4 aromatic rings. The highest BCUT2D eigenvalue weighted by Crippen LogP contribution is 2.26. The molecule has 1 N–H and O–H groups in total. The normalized spacial score (nSPS) is 12.4. The Morgan fingerprint density at radius 2 is 2.08 bits per heavy atom. The first-order valence-corrected chi connectivity index (χ1v) is 8.69. The first-order valence-electron chi connectivity index (χ1n) is 7.81. The van der Waals surface area contributed by atoms with Crippen LogP contribution in [0.2, 0.25) is 0 Å². The fraction of sp³-hybridized carbons (Fsp3) is 0.176. The lowest BCUT2D eigenvalue weighted by Crippen LogP contribution is -2.08. The molecule has 0 spiro atoms. The molecule has 1 aromatic carbocycles. The van der Waals surface area contributed by atoms with Crippen molar-refractivity contribution in [2.75, 3.05) is 5.32 Å². The first-order chi connectivity index (χ1) is 12.1. The number of amides is 1. The number of anilines is 1. The van der Waals surface area contributed by atoms with Crippen LogP contribution in [0.4, 0.5) is 5.69 Å². The van der Waals surface area contributed by atoms with E-state index in [1.807, 2.05) is 36.7 Å². The zero-order valence-electron chi connectivity index (χ0n) is 13.7. The van der Waals surface area contributed by atoms with Crippen molar-refractivity contribution < 1.29 is 4.79 Å². The van der Waals surface area contributed by atoms with E-state index in [9.17, 15) is 4.79 Å². The standard InChI is InChI=1S/C17H16N6OS/c1-11(15-9-23-17(21-15)25-10-19-23)22-8-7-18-16(22)13-3-5-14(6-4-13)20-12(2)24/h3-11H,1-2H3,(H,20,24)/t11-/m0/s1. The van der Waals surface area contributed by atoms with Crippen molar-refractivity contribution in [3.8, 4) is 11.4 Å². The lowest BCUT2D eigenvalue weighted by atomic mass is 10.1. The van der Waals surface area contributed by atoms with Crippen molar-refractivity contribution in [3.05, 3.63) is 54.1 Å². The summed E-state index contributed by atoms with van der Waals surface area (Å²) >= 11 is 1.51. The smallest absolute Gasteiger partial charge is 0.221 e. The molecule has 1 amide bonds. The van der Waals surface area contributed by atoms with E-state index in [-0.39, 0.29) is 11.9 Å². The Hall–Kier alpha value is -3.00. The van der Waals surface area contributed by atoms with Crippen molar-refractivity contribution >= 4 is 27.9 Å². The van der Waals surface area contributed by atoms with Gasteiger partial charge in [-0.05, 0) is 31.2 Å². The molecular formula is C17H16N6OS. The van der Waals surface area contributed by atoms with Crippen LogP contribution in [0.15, 0.2) is 48.4 Å². The van der Waals surface area contributed by atoms with Crippen molar-refractivity contribution in [1.29, 1.82) is 0 Å². The van der Waals surface area contributed by atoms with Gasteiger partial charge < -0.3 is 9.88 Å². The summed E-state index contributed by atoms with van der Waals surface area (Å²) in [5.41, 5.74) is 4.46. The molecule has 0 saturated carbocycles. The first kappa shape index (κ1) is 15.5. The van der Waals surface area contributed by atoms with Crippen molar-refractivity contribution in [1.82, 2.24) is 24.1 Å². The third-order valence-corrected chi connectivity index (χ3v) is 4.67. The lowest BCUT2D eigenvalue weighted by molar-refractivity contribution is -0.114. The van der Waals surface area contributed by atoms with E-state index in [1.54, 1.807) is 16.2 Å². The molecule has 25 heavy (non-hydrogen) atoms. The van der Waals surface area contributed by atoms with Gasteiger partial charge in [0.05, 0.1) is 17.9 Å². The van der Waals surface area contributed by atoms with Gasteiger partial charge in [-0.2, -0.15) is 5.10 Å². The second-order valence-corrected chi connectivity index (χ2v) is 6.54. The Morgan fingerprint density at radius 3 is 2.80 bits per heavy atom. The molecule has 3 aromatic heterocycles. The molecule has 0 radical (unpaired) electrons. The number of carbonyl (C=O) groups excluding carboxylic acids is 1. The lowest BCUT2D eigenvalue weighted by Gasteiger charge is -2.14. The maximum atomic E-state index is 11.1. The Balaban J connectivity index is 1.65. The Morgan fingerprint density at radius 1 is 1.28 bits per heavy atom. The van der Waals surface area contributed by atoms with Gasteiger partial charge in [-0.25, -0.2) is 14.5 Å². The molecule has 0 aliphatic heterocycles. The minimum atomic E-state index is -0.0868. The van der Waals surface area contributed by atoms with Gasteiger partial charge in [0.15, 0.2) is 0 Å². The fourth-order valence-corrected chi connectivity index (χ4v) is 3.36. The molecule has 7 nitrogen and oxygen atoms in total. The van der Waals surface area contributed by atoms with E-state index < -0.39 is 0 Å². The average Bonchev–Trinajstić information content (AvgIpc) is 3.30. The maximum Gasteiger partial charge on any atom is 0.221 e. The van der Waals surface area contributed by atoms with Crippen LogP contribution in [0.25, 0.3) is 16.3 Å². The molecule has 8 heteroatoms. The van der Waals surface area contributed by atoms with E-state index in [0.29, 0.717) is 0 Å². The highest BCUT2D eigenvalue weighted by Gasteiger charge is 2.17. The summed E-state index contributed by atoms with van der Waals surface area (Å²) in [5, 5.41) is 7.00. The third kappa shape index (κ3) is 2.91. The number of imidazole rings is 2. The fourth-order valence-electron chi connectivity index (χ4n) is 2.75. The zero-order chi connectivity index (χ0) is 17.4. The van der Waals surface area contributed by atoms with Gasteiger partial charge in [0.1, 0.15) is 11.3 Å². The van der Waals surface area contributed by atoms with Gasteiger partial charge in [0.25, 0.3) is 0 Å². The van der Waals surface area contributed by atoms with Gasteiger partial charge in [-0.3, -0.25) is 4.79 Å². The van der Waals surface area contributed by atoms with Gasteiger partial charge in [-0.1, -0.05) is 11.3 Å². The topological polar surface area (TPSA) is 77.1 Å². The second kappa shape index (κ2) is 6.14. The molecule has 126 valence electrons.